The first-order chi connectivity index (χ1) is 25.7. The molecule has 0 aliphatic rings. The molecule has 52 heavy (non-hydrogen) atoms. The summed E-state index contributed by atoms with van der Waals surface area (Å²) in [7, 11) is 0. The molecule has 0 bridgehead atoms. The first-order valence-electron chi connectivity index (χ1n) is 17.1. The van der Waals surface area contributed by atoms with E-state index in [2.05, 4.69) is 71.7 Å². The molecule has 10 aromatic rings. The van der Waals surface area contributed by atoms with E-state index in [4.69, 9.17) is 23.8 Å². The van der Waals surface area contributed by atoms with E-state index in [-0.39, 0.29) is 0 Å². The quantitative estimate of drug-likeness (QED) is 0.175. The first kappa shape index (κ1) is 29.7. The third-order valence-electron chi connectivity index (χ3n) is 9.39. The van der Waals surface area contributed by atoms with E-state index >= 15 is 0 Å². The normalized spacial score (nSPS) is 11.5. The van der Waals surface area contributed by atoms with Gasteiger partial charge in [-0.25, -0.2) is 19.9 Å². The molecule has 0 radical (unpaired) electrons. The Bertz CT molecular complexity index is 2860. The fourth-order valence-electron chi connectivity index (χ4n) is 6.80. The number of rotatable bonds is 6. The van der Waals surface area contributed by atoms with Crippen molar-refractivity contribution in [3.63, 3.8) is 0 Å². The topological polar surface area (TPSA) is 77.8 Å². The molecule has 0 saturated carbocycles. The molecular formula is C46H28N4O2. The molecule has 0 unspecified atom stereocenters. The maximum Gasteiger partial charge on any atom is 0.227 e. The van der Waals surface area contributed by atoms with Gasteiger partial charge in [-0.15, -0.1) is 0 Å². The molecule has 3 aromatic heterocycles. The summed E-state index contributed by atoms with van der Waals surface area (Å²) in [6, 6.07) is 57.2. The number of furan rings is 1. The lowest BCUT2D eigenvalue weighted by Gasteiger charge is -2.10. The van der Waals surface area contributed by atoms with Crippen molar-refractivity contribution in [1.82, 2.24) is 19.9 Å². The van der Waals surface area contributed by atoms with Gasteiger partial charge in [0.25, 0.3) is 0 Å². The van der Waals surface area contributed by atoms with Crippen LogP contribution in [0, 0.1) is 0 Å². The van der Waals surface area contributed by atoms with Gasteiger partial charge < -0.3 is 8.83 Å². The molecule has 0 fully saturated rings. The lowest BCUT2D eigenvalue weighted by Crippen LogP contribution is -2.00. The lowest BCUT2D eigenvalue weighted by atomic mass is 9.99. The monoisotopic (exact) mass is 668 g/mol. The highest BCUT2D eigenvalue weighted by molar-refractivity contribution is 6.12. The molecular weight excluding hydrogens is 641 g/mol. The average Bonchev–Trinajstić information content (AvgIpc) is 3.83. The molecule has 0 spiro atoms. The SMILES string of the molecule is c1ccc(-c2cccc(-c3nc(-c4ccccc4)nc(-c4cccc5oc6ccc(-c7ccc(-c8nc9ccccc9o8)cc7)cc6c45)n3)c2)cc1. The predicted octanol–water partition coefficient (Wildman–Crippen LogP) is 11.9. The van der Waals surface area contributed by atoms with E-state index in [1.807, 2.05) is 103 Å². The van der Waals surface area contributed by atoms with E-state index in [0.29, 0.717) is 23.4 Å². The van der Waals surface area contributed by atoms with Gasteiger partial charge in [0, 0.05) is 33.0 Å². The summed E-state index contributed by atoms with van der Waals surface area (Å²) in [5, 5.41) is 1.94. The second kappa shape index (κ2) is 12.3. The van der Waals surface area contributed by atoms with Crippen molar-refractivity contribution in [3.8, 4) is 67.9 Å². The summed E-state index contributed by atoms with van der Waals surface area (Å²) in [4.78, 5) is 19.9. The molecule has 0 saturated heterocycles. The Hall–Kier alpha value is -7.18. The molecule has 244 valence electrons. The van der Waals surface area contributed by atoms with Crippen LogP contribution in [0.4, 0.5) is 0 Å². The van der Waals surface area contributed by atoms with E-state index < -0.39 is 0 Å². The third kappa shape index (κ3) is 5.30. The Balaban J connectivity index is 1.10. The van der Waals surface area contributed by atoms with Crippen LogP contribution in [-0.2, 0) is 0 Å². The highest BCUT2D eigenvalue weighted by Gasteiger charge is 2.19. The molecule has 6 nitrogen and oxygen atoms in total. The van der Waals surface area contributed by atoms with Crippen molar-refractivity contribution in [2.75, 3.05) is 0 Å². The van der Waals surface area contributed by atoms with Crippen LogP contribution in [0.1, 0.15) is 0 Å². The molecule has 0 N–H and O–H groups in total. The minimum absolute atomic E-state index is 0.579. The summed E-state index contributed by atoms with van der Waals surface area (Å²) in [5.74, 6) is 2.39. The number of aromatic nitrogens is 4. The van der Waals surface area contributed by atoms with E-state index in [0.717, 1.165) is 77.5 Å². The van der Waals surface area contributed by atoms with Crippen molar-refractivity contribution in [2.45, 2.75) is 0 Å². The Labute approximate surface area is 298 Å². The Morgan fingerprint density at radius 3 is 1.71 bits per heavy atom. The summed E-state index contributed by atoms with van der Waals surface area (Å²) in [6.07, 6.45) is 0. The maximum atomic E-state index is 6.41. The van der Waals surface area contributed by atoms with Crippen LogP contribution >= 0.6 is 0 Å². The van der Waals surface area contributed by atoms with Gasteiger partial charge in [-0.3, -0.25) is 0 Å². The first-order valence-corrected chi connectivity index (χ1v) is 17.1. The molecule has 7 aromatic carbocycles. The molecule has 6 heteroatoms. The highest BCUT2D eigenvalue weighted by Crippen LogP contribution is 2.39. The molecule has 3 heterocycles. The number of oxazole rings is 1. The predicted molar refractivity (Wildman–Crippen MR) is 207 cm³/mol. The van der Waals surface area contributed by atoms with Gasteiger partial charge in [0.2, 0.25) is 5.89 Å². The number of hydrogen-bond acceptors (Lipinski definition) is 6. The summed E-state index contributed by atoms with van der Waals surface area (Å²) < 4.78 is 12.4. The lowest BCUT2D eigenvalue weighted by molar-refractivity contribution is 0.620. The van der Waals surface area contributed by atoms with Crippen LogP contribution in [0.5, 0.6) is 0 Å². The average molecular weight is 669 g/mol. The van der Waals surface area contributed by atoms with Gasteiger partial charge in [0.15, 0.2) is 23.1 Å². The zero-order chi connectivity index (χ0) is 34.4. The number of nitrogens with zero attached hydrogens (tertiary/aromatic N) is 4. The zero-order valence-corrected chi connectivity index (χ0v) is 27.8. The number of para-hydroxylation sites is 2. The standard InChI is InChI=1S/C46H28N4O2/c1-3-11-29(12-4-1)33-15-9-16-35(27-33)44-48-43(31-13-5-2-6-14-31)49-45(50-44)36-17-10-20-41-42(36)37-28-34(25-26-39(37)51-41)30-21-23-32(24-22-30)46-47-38-18-7-8-19-40(38)52-46/h1-28H. The minimum Gasteiger partial charge on any atom is -0.456 e. The Morgan fingerprint density at radius 1 is 0.327 bits per heavy atom. The fraction of sp³-hybridized carbons (Fsp3) is 0. The van der Waals surface area contributed by atoms with Crippen molar-refractivity contribution in [1.29, 1.82) is 0 Å². The van der Waals surface area contributed by atoms with E-state index in [1.165, 1.54) is 0 Å². The van der Waals surface area contributed by atoms with Gasteiger partial charge in [0.05, 0.1) is 0 Å². The minimum atomic E-state index is 0.579. The molecule has 0 aliphatic carbocycles. The summed E-state index contributed by atoms with van der Waals surface area (Å²) in [5.41, 5.74) is 11.2. The van der Waals surface area contributed by atoms with Crippen LogP contribution in [-0.4, -0.2) is 19.9 Å². The van der Waals surface area contributed by atoms with Gasteiger partial charge in [-0.05, 0) is 70.8 Å². The van der Waals surface area contributed by atoms with Gasteiger partial charge >= 0.3 is 0 Å². The summed E-state index contributed by atoms with van der Waals surface area (Å²) >= 11 is 0. The second-order valence-electron chi connectivity index (χ2n) is 12.7. The smallest absolute Gasteiger partial charge is 0.227 e. The van der Waals surface area contributed by atoms with Crippen LogP contribution in [0.2, 0.25) is 0 Å². The van der Waals surface area contributed by atoms with Gasteiger partial charge in [-0.2, -0.15) is 0 Å². The molecule has 0 amide bonds. The van der Waals surface area contributed by atoms with Crippen LogP contribution in [0.15, 0.2) is 179 Å². The highest BCUT2D eigenvalue weighted by atomic mass is 16.3. The molecule has 0 aliphatic heterocycles. The Morgan fingerprint density at radius 2 is 0.904 bits per heavy atom. The van der Waals surface area contributed by atoms with Crippen LogP contribution in [0.25, 0.3) is 101 Å². The van der Waals surface area contributed by atoms with Crippen LogP contribution in [0.3, 0.4) is 0 Å². The van der Waals surface area contributed by atoms with Crippen molar-refractivity contribution < 1.29 is 8.83 Å². The maximum absolute atomic E-state index is 6.41. The molecule has 0 atom stereocenters. The fourth-order valence-corrected chi connectivity index (χ4v) is 6.80. The van der Waals surface area contributed by atoms with Gasteiger partial charge in [-0.1, -0.05) is 121 Å². The second-order valence-corrected chi connectivity index (χ2v) is 12.7. The van der Waals surface area contributed by atoms with Gasteiger partial charge in [0.1, 0.15) is 16.7 Å². The zero-order valence-electron chi connectivity index (χ0n) is 27.8. The Kier molecular flexibility index (Phi) is 7.03. The number of benzene rings is 7. The van der Waals surface area contributed by atoms with Crippen molar-refractivity contribution in [3.05, 3.63) is 170 Å². The number of fused-ring (bicyclic) bond motifs is 4. The van der Waals surface area contributed by atoms with E-state index in [9.17, 15) is 0 Å². The summed E-state index contributed by atoms with van der Waals surface area (Å²) in [6.45, 7) is 0. The van der Waals surface area contributed by atoms with E-state index in [1.54, 1.807) is 0 Å². The number of hydrogen-bond donors (Lipinski definition) is 0. The van der Waals surface area contributed by atoms with Crippen molar-refractivity contribution >= 4 is 33.0 Å². The molecule has 10 rings (SSSR count). The van der Waals surface area contributed by atoms with Crippen LogP contribution < -0.4 is 0 Å². The largest absolute Gasteiger partial charge is 0.456 e. The van der Waals surface area contributed by atoms with Crippen molar-refractivity contribution in [2.24, 2.45) is 0 Å². The third-order valence-corrected chi connectivity index (χ3v) is 9.39.